The first-order chi connectivity index (χ1) is 10.8. The van der Waals surface area contributed by atoms with Gasteiger partial charge in [0.25, 0.3) is 0 Å². The summed E-state index contributed by atoms with van der Waals surface area (Å²) in [5.41, 5.74) is 1.87. The van der Waals surface area contributed by atoms with E-state index in [2.05, 4.69) is 12.6 Å². The van der Waals surface area contributed by atoms with Crippen LogP contribution in [0.4, 0.5) is 0 Å². The van der Waals surface area contributed by atoms with Gasteiger partial charge in [-0.3, -0.25) is 4.79 Å². The van der Waals surface area contributed by atoms with Crippen LogP contribution in [0.1, 0.15) is 16.7 Å². The van der Waals surface area contributed by atoms with Crippen molar-refractivity contribution >= 4 is 17.7 Å². The third-order valence-corrected chi connectivity index (χ3v) is 4.28. The lowest BCUT2D eigenvalue weighted by molar-refractivity contribution is -0.113. The highest BCUT2D eigenvalue weighted by molar-refractivity contribution is 7.96. The van der Waals surface area contributed by atoms with Gasteiger partial charge in [0.15, 0.2) is 0 Å². The molecule has 0 spiro atoms. The van der Waals surface area contributed by atoms with Crippen LogP contribution in [0.3, 0.4) is 0 Å². The van der Waals surface area contributed by atoms with Crippen LogP contribution in [-0.4, -0.2) is 5.12 Å². The monoisotopic (exact) mass is 304 g/mol. The lowest BCUT2D eigenvalue weighted by atomic mass is 9.70. The summed E-state index contributed by atoms with van der Waals surface area (Å²) >= 11 is 4.27. The fourth-order valence-corrected chi connectivity index (χ4v) is 3.32. The second kappa shape index (κ2) is 6.20. The van der Waals surface area contributed by atoms with E-state index in [1.807, 2.05) is 91.0 Å². The molecule has 0 aliphatic rings. The second-order valence-corrected chi connectivity index (χ2v) is 5.56. The number of thiol groups is 1. The smallest absolute Gasteiger partial charge is 0.205 e. The molecule has 0 fully saturated rings. The summed E-state index contributed by atoms with van der Waals surface area (Å²) in [5.74, 6) is 0. The van der Waals surface area contributed by atoms with Crippen molar-refractivity contribution in [3.8, 4) is 0 Å². The van der Waals surface area contributed by atoms with Crippen LogP contribution in [0.15, 0.2) is 91.0 Å². The molecule has 0 N–H and O–H groups in total. The Bertz CT molecular complexity index is 655. The summed E-state index contributed by atoms with van der Waals surface area (Å²) in [6, 6.07) is 29.4. The van der Waals surface area contributed by atoms with Gasteiger partial charge in [-0.1, -0.05) is 91.0 Å². The summed E-state index contributed by atoms with van der Waals surface area (Å²) in [6.45, 7) is 0. The Labute approximate surface area is 136 Å². The predicted octanol–water partition coefficient (Wildman–Crippen LogP) is 4.48. The third-order valence-electron chi connectivity index (χ3n) is 3.94. The Kier molecular flexibility index (Phi) is 4.12. The van der Waals surface area contributed by atoms with Crippen molar-refractivity contribution in [1.29, 1.82) is 0 Å². The number of carbonyl (C=O) groups is 1. The second-order valence-electron chi connectivity index (χ2n) is 5.15. The minimum absolute atomic E-state index is 0.184. The first-order valence-electron chi connectivity index (χ1n) is 7.16. The molecule has 0 unspecified atom stereocenters. The molecular formula is C20H16OS. The van der Waals surface area contributed by atoms with Crippen LogP contribution in [-0.2, 0) is 10.2 Å². The average molecular weight is 304 g/mol. The normalized spacial score (nSPS) is 11.1. The summed E-state index contributed by atoms with van der Waals surface area (Å²) in [6.07, 6.45) is 0. The highest BCUT2D eigenvalue weighted by atomic mass is 32.1. The predicted molar refractivity (Wildman–Crippen MR) is 93.2 cm³/mol. The molecule has 0 aromatic heterocycles. The minimum Gasteiger partial charge on any atom is -0.286 e. The number of rotatable bonds is 4. The Hall–Kier alpha value is -2.32. The summed E-state index contributed by atoms with van der Waals surface area (Å²) in [5, 5.41) is -0.184. The first kappa shape index (κ1) is 14.6. The zero-order valence-electron chi connectivity index (χ0n) is 12.0. The first-order valence-corrected chi connectivity index (χ1v) is 7.61. The zero-order chi connectivity index (χ0) is 15.4. The van der Waals surface area contributed by atoms with Crippen LogP contribution >= 0.6 is 12.6 Å². The van der Waals surface area contributed by atoms with E-state index in [1.165, 1.54) is 0 Å². The van der Waals surface area contributed by atoms with Gasteiger partial charge in [-0.05, 0) is 16.7 Å². The fraction of sp³-hybridized carbons (Fsp3) is 0.0500. The van der Waals surface area contributed by atoms with Crippen molar-refractivity contribution in [2.45, 2.75) is 5.41 Å². The summed E-state index contributed by atoms with van der Waals surface area (Å²) in [7, 11) is 0. The minimum atomic E-state index is -0.896. The van der Waals surface area contributed by atoms with Gasteiger partial charge in [-0.2, -0.15) is 0 Å². The molecule has 0 radical (unpaired) electrons. The molecule has 22 heavy (non-hydrogen) atoms. The molecule has 3 aromatic rings. The average Bonchev–Trinajstić information content (AvgIpc) is 2.58. The molecule has 3 aromatic carbocycles. The van der Waals surface area contributed by atoms with Crippen molar-refractivity contribution in [2.24, 2.45) is 0 Å². The molecule has 108 valence electrons. The van der Waals surface area contributed by atoms with E-state index in [0.29, 0.717) is 0 Å². The Morgan fingerprint density at radius 2 is 0.864 bits per heavy atom. The fourth-order valence-electron chi connectivity index (χ4n) is 2.93. The maximum atomic E-state index is 12.7. The van der Waals surface area contributed by atoms with E-state index in [0.717, 1.165) is 16.7 Å². The molecular weight excluding hydrogens is 288 g/mol. The maximum absolute atomic E-state index is 12.7. The SMILES string of the molecule is O=C(S)C(c1ccccc1)(c1ccccc1)c1ccccc1. The van der Waals surface area contributed by atoms with Crippen LogP contribution in [0.5, 0.6) is 0 Å². The van der Waals surface area contributed by atoms with Crippen LogP contribution in [0.25, 0.3) is 0 Å². The van der Waals surface area contributed by atoms with Gasteiger partial charge in [-0.25, -0.2) is 0 Å². The van der Waals surface area contributed by atoms with E-state index >= 15 is 0 Å². The number of hydrogen-bond donors (Lipinski definition) is 1. The van der Waals surface area contributed by atoms with Gasteiger partial charge in [0.05, 0.1) is 0 Å². The molecule has 0 atom stereocenters. The van der Waals surface area contributed by atoms with Gasteiger partial charge in [-0.15, -0.1) is 12.6 Å². The van der Waals surface area contributed by atoms with Gasteiger partial charge >= 0.3 is 0 Å². The molecule has 2 heteroatoms. The van der Waals surface area contributed by atoms with E-state index in [9.17, 15) is 4.79 Å². The summed E-state index contributed by atoms with van der Waals surface area (Å²) in [4.78, 5) is 12.7. The lowest BCUT2D eigenvalue weighted by Crippen LogP contribution is -2.35. The lowest BCUT2D eigenvalue weighted by Gasteiger charge is -2.32. The van der Waals surface area contributed by atoms with Crippen molar-refractivity contribution in [3.05, 3.63) is 108 Å². The van der Waals surface area contributed by atoms with Crippen LogP contribution in [0.2, 0.25) is 0 Å². The molecule has 0 bridgehead atoms. The number of hydrogen-bond acceptors (Lipinski definition) is 1. The molecule has 0 aliphatic carbocycles. The van der Waals surface area contributed by atoms with Crippen LogP contribution in [0, 0.1) is 0 Å². The van der Waals surface area contributed by atoms with Gasteiger partial charge in [0.2, 0.25) is 5.12 Å². The van der Waals surface area contributed by atoms with Crippen molar-refractivity contribution in [3.63, 3.8) is 0 Å². The quantitative estimate of drug-likeness (QED) is 0.555. The van der Waals surface area contributed by atoms with Gasteiger partial charge < -0.3 is 0 Å². The van der Waals surface area contributed by atoms with E-state index < -0.39 is 5.41 Å². The highest BCUT2D eigenvalue weighted by Crippen LogP contribution is 2.40. The molecule has 1 nitrogen and oxygen atoms in total. The number of carbonyl (C=O) groups excluding carboxylic acids is 1. The van der Waals surface area contributed by atoms with E-state index in [4.69, 9.17) is 0 Å². The molecule has 0 heterocycles. The number of benzene rings is 3. The van der Waals surface area contributed by atoms with Crippen LogP contribution < -0.4 is 0 Å². The molecule has 0 aliphatic heterocycles. The molecule has 0 saturated heterocycles. The summed E-state index contributed by atoms with van der Waals surface area (Å²) < 4.78 is 0. The third kappa shape index (κ3) is 2.36. The zero-order valence-corrected chi connectivity index (χ0v) is 12.9. The standard InChI is InChI=1S/C20H16OS/c21-19(22)20(16-10-4-1-5-11-16,17-12-6-2-7-13-17)18-14-8-3-9-15-18/h1-15H,(H,21,22). The van der Waals surface area contributed by atoms with E-state index in [-0.39, 0.29) is 5.12 Å². The topological polar surface area (TPSA) is 17.1 Å². The van der Waals surface area contributed by atoms with Crippen molar-refractivity contribution in [1.82, 2.24) is 0 Å². The van der Waals surface area contributed by atoms with Crippen molar-refractivity contribution in [2.75, 3.05) is 0 Å². The Morgan fingerprint density at radius 1 is 0.591 bits per heavy atom. The van der Waals surface area contributed by atoms with Gasteiger partial charge in [0.1, 0.15) is 5.41 Å². The maximum Gasteiger partial charge on any atom is 0.205 e. The van der Waals surface area contributed by atoms with Gasteiger partial charge in [0, 0.05) is 0 Å². The Balaban J connectivity index is 2.37. The molecule has 0 amide bonds. The highest BCUT2D eigenvalue weighted by Gasteiger charge is 2.41. The largest absolute Gasteiger partial charge is 0.286 e. The van der Waals surface area contributed by atoms with Crippen molar-refractivity contribution < 1.29 is 4.79 Å². The Morgan fingerprint density at radius 3 is 1.09 bits per heavy atom. The molecule has 3 rings (SSSR count). The molecule has 0 saturated carbocycles. The van der Waals surface area contributed by atoms with E-state index in [1.54, 1.807) is 0 Å².